The molecule has 0 heterocycles. The molecule has 1 aromatic rings. The topological polar surface area (TPSA) is 0 Å². The van der Waals surface area contributed by atoms with Gasteiger partial charge in [0.1, 0.15) is 0 Å². The van der Waals surface area contributed by atoms with Gasteiger partial charge in [0.05, 0.1) is 0 Å². The maximum Gasteiger partial charge on any atom is 0.0169 e. The molecule has 1 atom stereocenters. The second-order valence-corrected chi connectivity index (χ2v) is 5.43. The molecule has 1 unspecified atom stereocenters. The number of benzene rings is 1. The Morgan fingerprint density at radius 2 is 1.94 bits per heavy atom. The van der Waals surface area contributed by atoms with Crippen molar-refractivity contribution in [1.29, 1.82) is 0 Å². The molecule has 0 nitrogen and oxygen atoms in total. The molecule has 0 radical (unpaired) electrons. The maximum atomic E-state index is 2.48. The molecule has 3 rings (SSSR count). The zero-order chi connectivity index (χ0) is 12.3. The van der Waals surface area contributed by atoms with Crippen LogP contribution in [0.1, 0.15) is 31.2 Å². The van der Waals surface area contributed by atoms with Gasteiger partial charge in [-0.2, -0.15) is 0 Å². The van der Waals surface area contributed by atoms with E-state index in [-0.39, 0.29) is 5.41 Å². The monoisotopic (exact) mass is 236 g/mol. The Morgan fingerprint density at radius 3 is 2.61 bits per heavy atom. The van der Waals surface area contributed by atoms with Crippen LogP contribution in [0.15, 0.2) is 66.3 Å². The van der Waals surface area contributed by atoms with Crippen molar-refractivity contribution in [2.45, 2.75) is 32.1 Å². The molecule has 92 valence electrons. The summed E-state index contributed by atoms with van der Waals surface area (Å²) >= 11 is 0. The van der Waals surface area contributed by atoms with Gasteiger partial charge < -0.3 is 0 Å². The van der Waals surface area contributed by atoms with E-state index in [9.17, 15) is 0 Å². The highest BCUT2D eigenvalue weighted by Gasteiger charge is 2.32. The highest BCUT2D eigenvalue weighted by atomic mass is 14.4. The molecule has 0 fully saturated rings. The first-order valence-electron chi connectivity index (χ1n) is 6.97. The van der Waals surface area contributed by atoms with Gasteiger partial charge in [-0.1, -0.05) is 66.3 Å². The zero-order valence-corrected chi connectivity index (χ0v) is 10.8. The second kappa shape index (κ2) is 4.97. The molecule has 0 saturated heterocycles. The van der Waals surface area contributed by atoms with Crippen molar-refractivity contribution >= 4 is 0 Å². The van der Waals surface area contributed by atoms with E-state index in [1.807, 2.05) is 0 Å². The molecule has 2 aliphatic rings. The SMILES string of the molecule is C1=CCC(Cc2ccccc2)(C2=CCCC2)C=C1. The molecule has 1 aromatic carbocycles. The first-order valence-corrected chi connectivity index (χ1v) is 6.97. The summed E-state index contributed by atoms with van der Waals surface area (Å²) in [6.45, 7) is 0. The minimum absolute atomic E-state index is 0.257. The average Bonchev–Trinajstić information content (AvgIpc) is 2.95. The third-order valence-electron chi connectivity index (χ3n) is 4.19. The van der Waals surface area contributed by atoms with Crippen molar-refractivity contribution in [1.82, 2.24) is 0 Å². The van der Waals surface area contributed by atoms with Crippen LogP contribution in [-0.4, -0.2) is 0 Å². The summed E-state index contributed by atoms with van der Waals surface area (Å²) in [5.74, 6) is 0. The Kier molecular flexibility index (Phi) is 3.19. The minimum Gasteiger partial charge on any atom is -0.0844 e. The summed E-state index contributed by atoms with van der Waals surface area (Å²) < 4.78 is 0. The van der Waals surface area contributed by atoms with Crippen molar-refractivity contribution in [3.63, 3.8) is 0 Å². The van der Waals surface area contributed by atoms with Gasteiger partial charge in [-0.25, -0.2) is 0 Å². The van der Waals surface area contributed by atoms with Crippen molar-refractivity contribution in [2.24, 2.45) is 5.41 Å². The van der Waals surface area contributed by atoms with E-state index in [0.717, 1.165) is 12.8 Å². The van der Waals surface area contributed by atoms with Crippen LogP contribution in [0.5, 0.6) is 0 Å². The summed E-state index contributed by atoms with van der Waals surface area (Å²) in [7, 11) is 0. The normalized spacial score (nSPS) is 26.3. The van der Waals surface area contributed by atoms with E-state index in [1.54, 1.807) is 5.57 Å². The second-order valence-electron chi connectivity index (χ2n) is 5.43. The lowest BCUT2D eigenvalue weighted by Crippen LogP contribution is -2.24. The summed E-state index contributed by atoms with van der Waals surface area (Å²) in [6.07, 6.45) is 17.8. The van der Waals surface area contributed by atoms with E-state index in [4.69, 9.17) is 0 Å². The van der Waals surface area contributed by atoms with Crippen LogP contribution in [-0.2, 0) is 6.42 Å². The maximum absolute atomic E-state index is 2.48. The predicted octanol–water partition coefficient (Wildman–Crippen LogP) is 4.84. The zero-order valence-electron chi connectivity index (χ0n) is 10.8. The fourth-order valence-electron chi connectivity index (χ4n) is 3.23. The van der Waals surface area contributed by atoms with Crippen LogP contribution in [0.2, 0.25) is 0 Å². The minimum atomic E-state index is 0.257. The summed E-state index contributed by atoms with van der Waals surface area (Å²) in [5, 5.41) is 0. The Hall–Kier alpha value is -1.56. The van der Waals surface area contributed by atoms with Crippen molar-refractivity contribution in [3.8, 4) is 0 Å². The highest BCUT2D eigenvalue weighted by molar-refractivity contribution is 5.34. The first kappa shape index (κ1) is 11.5. The number of rotatable bonds is 3. The Morgan fingerprint density at radius 1 is 1.06 bits per heavy atom. The van der Waals surface area contributed by atoms with Gasteiger partial charge in [0.25, 0.3) is 0 Å². The molecule has 2 aliphatic carbocycles. The molecule has 0 heteroatoms. The lowest BCUT2D eigenvalue weighted by Gasteiger charge is -2.33. The van der Waals surface area contributed by atoms with E-state index < -0.39 is 0 Å². The Labute approximate surface area is 110 Å². The number of hydrogen-bond donors (Lipinski definition) is 0. The van der Waals surface area contributed by atoms with Gasteiger partial charge in [0, 0.05) is 5.41 Å². The standard InChI is InChI=1S/C18H20/c1-3-9-16(10-4-1)15-18(13-7-2-8-14-18)17-11-5-6-12-17/h1-4,7-11,13H,5-6,12,14-15H2. The molecule has 0 bridgehead atoms. The van der Waals surface area contributed by atoms with Crippen LogP contribution < -0.4 is 0 Å². The molecule has 0 amide bonds. The Balaban J connectivity index is 1.91. The smallest absolute Gasteiger partial charge is 0.0169 e. The van der Waals surface area contributed by atoms with Crippen LogP contribution in [0.3, 0.4) is 0 Å². The number of allylic oxidation sites excluding steroid dienone is 6. The molecular weight excluding hydrogens is 216 g/mol. The van der Waals surface area contributed by atoms with Crippen molar-refractivity contribution in [2.75, 3.05) is 0 Å². The largest absolute Gasteiger partial charge is 0.0844 e. The lowest BCUT2D eigenvalue weighted by atomic mass is 9.70. The van der Waals surface area contributed by atoms with E-state index in [1.165, 1.54) is 24.8 Å². The van der Waals surface area contributed by atoms with Crippen LogP contribution in [0, 0.1) is 5.41 Å². The van der Waals surface area contributed by atoms with E-state index >= 15 is 0 Å². The molecule has 0 N–H and O–H groups in total. The van der Waals surface area contributed by atoms with Crippen molar-refractivity contribution < 1.29 is 0 Å². The van der Waals surface area contributed by atoms with Gasteiger partial charge in [0.15, 0.2) is 0 Å². The summed E-state index contributed by atoms with van der Waals surface area (Å²) in [6, 6.07) is 10.9. The van der Waals surface area contributed by atoms with Crippen LogP contribution >= 0.6 is 0 Å². The lowest BCUT2D eigenvalue weighted by molar-refractivity contribution is 0.447. The Bertz CT molecular complexity index is 490. The van der Waals surface area contributed by atoms with Gasteiger partial charge in [-0.05, 0) is 37.7 Å². The molecular formula is C18H20. The van der Waals surface area contributed by atoms with Gasteiger partial charge in [0.2, 0.25) is 0 Å². The van der Waals surface area contributed by atoms with Crippen LogP contribution in [0.25, 0.3) is 0 Å². The molecule has 0 saturated carbocycles. The first-order chi connectivity index (χ1) is 8.89. The third-order valence-corrected chi connectivity index (χ3v) is 4.19. The summed E-state index contributed by atoms with van der Waals surface area (Å²) in [4.78, 5) is 0. The molecule has 0 aromatic heterocycles. The predicted molar refractivity (Wildman–Crippen MR) is 77.4 cm³/mol. The third kappa shape index (κ3) is 2.20. The number of hydrogen-bond acceptors (Lipinski definition) is 0. The molecule has 0 spiro atoms. The van der Waals surface area contributed by atoms with Gasteiger partial charge in [-0.3, -0.25) is 0 Å². The fraction of sp³-hybridized carbons (Fsp3) is 0.333. The molecule has 18 heavy (non-hydrogen) atoms. The fourth-order valence-corrected chi connectivity index (χ4v) is 3.23. The average molecular weight is 236 g/mol. The van der Waals surface area contributed by atoms with Gasteiger partial charge in [-0.15, -0.1) is 0 Å². The van der Waals surface area contributed by atoms with E-state index in [0.29, 0.717) is 0 Å². The quantitative estimate of drug-likeness (QED) is 0.659. The van der Waals surface area contributed by atoms with Gasteiger partial charge >= 0.3 is 0 Å². The molecule has 0 aliphatic heterocycles. The summed E-state index contributed by atoms with van der Waals surface area (Å²) in [5.41, 5.74) is 3.37. The highest BCUT2D eigenvalue weighted by Crippen LogP contribution is 2.43. The van der Waals surface area contributed by atoms with Crippen molar-refractivity contribution in [3.05, 3.63) is 71.8 Å². The van der Waals surface area contributed by atoms with E-state index in [2.05, 4.69) is 60.7 Å². The van der Waals surface area contributed by atoms with Crippen LogP contribution in [0.4, 0.5) is 0 Å².